The van der Waals surface area contributed by atoms with Crippen molar-refractivity contribution in [3.05, 3.63) is 34.3 Å². The van der Waals surface area contributed by atoms with Crippen molar-refractivity contribution >= 4 is 34.2 Å². The molecule has 1 aromatic carbocycles. The predicted molar refractivity (Wildman–Crippen MR) is 90.2 cm³/mol. The van der Waals surface area contributed by atoms with Gasteiger partial charge in [0, 0.05) is 17.4 Å². The summed E-state index contributed by atoms with van der Waals surface area (Å²) in [5.41, 5.74) is 6.66. The Morgan fingerprint density at radius 3 is 2.40 bits per heavy atom. The summed E-state index contributed by atoms with van der Waals surface area (Å²) in [6.45, 7) is 1.46. The minimum absolute atomic E-state index is 0. The average Bonchev–Trinajstić information content (AvgIpc) is 2.41. The van der Waals surface area contributed by atoms with Crippen molar-refractivity contribution in [2.24, 2.45) is 5.73 Å². The summed E-state index contributed by atoms with van der Waals surface area (Å²) < 4.78 is 1.08. The Labute approximate surface area is 136 Å². The van der Waals surface area contributed by atoms with Crippen molar-refractivity contribution in [1.82, 2.24) is 5.32 Å². The molecule has 0 atom stereocenters. The zero-order valence-corrected chi connectivity index (χ0v) is 14.1. The molecule has 1 aromatic rings. The van der Waals surface area contributed by atoms with Gasteiger partial charge in [-0.05, 0) is 43.5 Å². The topological polar surface area (TPSA) is 55.1 Å². The van der Waals surface area contributed by atoms with Gasteiger partial charge >= 0.3 is 0 Å². The van der Waals surface area contributed by atoms with Gasteiger partial charge in [-0.15, -0.1) is 12.4 Å². The zero-order valence-electron chi connectivity index (χ0n) is 11.7. The average molecular weight is 364 g/mol. The molecule has 3 nitrogen and oxygen atoms in total. The van der Waals surface area contributed by atoms with E-state index in [1.54, 1.807) is 0 Å². The molecule has 1 rings (SSSR count). The fourth-order valence-corrected chi connectivity index (χ4v) is 2.13. The molecule has 5 heteroatoms. The minimum Gasteiger partial charge on any atom is -0.356 e. The maximum absolute atomic E-state index is 11.6. The van der Waals surface area contributed by atoms with E-state index in [4.69, 9.17) is 5.73 Å². The molecule has 0 spiro atoms. The van der Waals surface area contributed by atoms with Crippen LogP contribution in [0.3, 0.4) is 0 Å². The standard InChI is InChI=1S/C15H23BrN2O.ClH/c16-14-8-6-13(7-9-14)10-12-18-15(19)5-3-1-2-4-11-17;/h6-9H,1-5,10-12,17H2,(H,18,19);1H. The van der Waals surface area contributed by atoms with Crippen molar-refractivity contribution in [3.8, 4) is 0 Å². The van der Waals surface area contributed by atoms with E-state index in [2.05, 4.69) is 33.4 Å². The second-order valence-electron chi connectivity index (χ2n) is 4.68. The number of unbranched alkanes of at least 4 members (excludes halogenated alkanes) is 3. The van der Waals surface area contributed by atoms with Crippen LogP contribution in [-0.2, 0) is 11.2 Å². The van der Waals surface area contributed by atoms with Crippen molar-refractivity contribution in [1.29, 1.82) is 0 Å². The van der Waals surface area contributed by atoms with Crippen LogP contribution >= 0.6 is 28.3 Å². The van der Waals surface area contributed by atoms with Crippen LogP contribution in [0.25, 0.3) is 0 Å². The van der Waals surface area contributed by atoms with E-state index in [1.165, 1.54) is 5.56 Å². The van der Waals surface area contributed by atoms with E-state index in [1.807, 2.05) is 12.1 Å². The van der Waals surface area contributed by atoms with E-state index in [-0.39, 0.29) is 18.3 Å². The van der Waals surface area contributed by atoms with E-state index in [0.29, 0.717) is 13.0 Å². The van der Waals surface area contributed by atoms with Gasteiger partial charge in [0.05, 0.1) is 0 Å². The highest BCUT2D eigenvalue weighted by molar-refractivity contribution is 9.10. The third-order valence-corrected chi connectivity index (χ3v) is 3.54. The molecule has 1 amide bonds. The second-order valence-corrected chi connectivity index (χ2v) is 5.59. The van der Waals surface area contributed by atoms with Crippen molar-refractivity contribution in [3.63, 3.8) is 0 Å². The number of carbonyl (C=O) groups is 1. The molecule has 0 saturated heterocycles. The Hall–Kier alpha value is -0.580. The van der Waals surface area contributed by atoms with Gasteiger partial charge in [0.15, 0.2) is 0 Å². The quantitative estimate of drug-likeness (QED) is 0.660. The highest BCUT2D eigenvalue weighted by Gasteiger charge is 2.00. The summed E-state index contributed by atoms with van der Waals surface area (Å²) in [6, 6.07) is 8.19. The molecule has 0 aliphatic rings. The number of halogens is 2. The molecule has 0 aromatic heterocycles. The lowest BCUT2D eigenvalue weighted by Gasteiger charge is -2.05. The third kappa shape index (κ3) is 9.34. The number of nitrogens with two attached hydrogens (primary N) is 1. The van der Waals surface area contributed by atoms with E-state index in [0.717, 1.165) is 43.1 Å². The molecule has 0 aliphatic carbocycles. The molecule has 20 heavy (non-hydrogen) atoms. The molecule has 0 saturated carbocycles. The van der Waals surface area contributed by atoms with Gasteiger partial charge in [0.2, 0.25) is 5.91 Å². The lowest BCUT2D eigenvalue weighted by Crippen LogP contribution is -2.25. The number of hydrogen-bond donors (Lipinski definition) is 2. The summed E-state index contributed by atoms with van der Waals surface area (Å²) in [6.07, 6.45) is 5.76. The second kappa shape index (κ2) is 12.2. The van der Waals surface area contributed by atoms with Crippen LogP contribution in [0.15, 0.2) is 28.7 Å². The smallest absolute Gasteiger partial charge is 0.220 e. The fraction of sp³-hybridized carbons (Fsp3) is 0.533. The number of amides is 1. The third-order valence-electron chi connectivity index (χ3n) is 3.01. The molecule has 0 unspecified atom stereocenters. The largest absolute Gasteiger partial charge is 0.356 e. The first kappa shape index (κ1) is 19.4. The minimum atomic E-state index is 0. The number of benzene rings is 1. The van der Waals surface area contributed by atoms with Gasteiger partial charge in [-0.2, -0.15) is 0 Å². The van der Waals surface area contributed by atoms with Gasteiger partial charge in [-0.1, -0.05) is 40.9 Å². The zero-order chi connectivity index (χ0) is 13.9. The van der Waals surface area contributed by atoms with Crippen LogP contribution in [0.2, 0.25) is 0 Å². The van der Waals surface area contributed by atoms with Crippen molar-refractivity contribution in [2.75, 3.05) is 13.1 Å². The van der Waals surface area contributed by atoms with Crippen LogP contribution in [-0.4, -0.2) is 19.0 Å². The first-order chi connectivity index (χ1) is 9.22. The summed E-state index contributed by atoms with van der Waals surface area (Å²) in [7, 11) is 0. The van der Waals surface area contributed by atoms with E-state index >= 15 is 0 Å². The molecular formula is C15H24BrClN2O. The van der Waals surface area contributed by atoms with Gasteiger partial charge in [-0.3, -0.25) is 4.79 Å². The van der Waals surface area contributed by atoms with Gasteiger partial charge in [0.1, 0.15) is 0 Å². The Morgan fingerprint density at radius 1 is 1.10 bits per heavy atom. The number of carbonyl (C=O) groups excluding carboxylic acids is 1. The van der Waals surface area contributed by atoms with Gasteiger partial charge < -0.3 is 11.1 Å². The predicted octanol–water partition coefficient (Wildman–Crippen LogP) is 3.44. The van der Waals surface area contributed by atoms with Crippen LogP contribution in [0.4, 0.5) is 0 Å². The molecule has 0 radical (unpaired) electrons. The summed E-state index contributed by atoms with van der Waals surface area (Å²) in [5.74, 6) is 0.157. The molecule has 0 fully saturated rings. The van der Waals surface area contributed by atoms with Crippen LogP contribution in [0.5, 0.6) is 0 Å². The Kier molecular flexibility index (Phi) is 11.8. The summed E-state index contributed by atoms with van der Waals surface area (Å²) in [4.78, 5) is 11.6. The SMILES string of the molecule is Cl.NCCCCCCC(=O)NCCc1ccc(Br)cc1. The number of hydrogen-bond acceptors (Lipinski definition) is 2. The maximum Gasteiger partial charge on any atom is 0.220 e. The monoisotopic (exact) mass is 362 g/mol. The molecule has 3 N–H and O–H groups in total. The molecule has 114 valence electrons. The van der Waals surface area contributed by atoms with Gasteiger partial charge in [0.25, 0.3) is 0 Å². The van der Waals surface area contributed by atoms with Crippen LogP contribution in [0, 0.1) is 0 Å². The van der Waals surface area contributed by atoms with Crippen molar-refractivity contribution < 1.29 is 4.79 Å². The Bertz CT molecular complexity index is 371. The number of nitrogens with one attached hydrogen (secondary N) is 1. The maximum atomic E-state index is 11.6. The summed E-state index contributed by atoms with van der Waals surface area (Å²) in [5, 5.41) is 2.96. The molecule has 0 aliphatic heterocycles. The highest BCUT2D eigenvalue weighted by atomic mass is 79.9. The Morgan fingerprint density at radius 2 is 1.75 bits per heavy atom. The lowest BCUT2D eigenvalue weighted by atomic mass is 10.1. The highest BCUT2D eigenvalue weighted by Crippen LogP contribution is 2.10. The fourth-order valence-electron chi connectivity index (χ4n) is 1.87. The normalized spacial score (nSPS) is 9.90. The van der Waals surface area contributed by atoms with Gasteiger partial charge in [-0.25, -0.2) is 0 Å². The van der Waals surface area contributed by atoms with Crippen molar-refractivity contribution in [2.45, 2.75) is 38.5 Å². The first-order valence-electron chi connectivity index (χ1n) is 6.93. The van der Waals surface area contributed by atoms with E-state index in [9.17, 15) is 4.79 Å². The Balaban J connectivity index is 0.00000361. The number of rotatable bonds is 9. The first-order valence-corrected chi connectivity index (χ1v) is 7.73. The lowest BCUT2D eigenvalue weighted by molar-refractivity contribution is -0.121. The van der Waals surface area contributed by atoms with E-state index < -0.39 is 0 Å². The molecule has 0 heterocycles. The summed E-state index contributed by atoms with van der Waals surface area (Å²) >= 11 is 3.41. The molecule has 0 bridgehead atoms. The molecular weight excluding hydrogens is 340 g/mol. The van der Waals surface area contributed by atoms with Crippen LogP contribution < -0.4 is 11.1 Å². The van der Waals surface area contributed by atoms with Crippen LogP contribution in [0.1, 0.15) is 37.7 Å².